The third kappa shape index (κ3) is 7.30. The van der Waals surface area contributed by atoms with Crippen molar-refractivity contribution < 1.29 is 0 Å². The van der Waals surface area contributed by atoms with Gasteiger partial charge in [0.25, 0.3) is 0 Å². The number of nitrogens with one attached hydrogen (secondary N) is 1. The van der Waals surface area contributed by atoms with Gasteiger partial charge in [0.2, 0.25) is 0 Å². The van der Waals surface area contributed by atoms with E-state index in [1.807, 2.05) is 0 Å². The minimum Gasteiger partial charge on any atom is -0.316 e. The van der Waals surface area contributed by atoms with Gasteiger partial charge in [-0.2, -0.15) is 0 Å². The monoisotopic (exact) mass is 201 g/mol. The zero-order valence-electron chi connectivity index (χ0n) is 10.5. The average Bonchev–Trinajstić information content (AvgIpc) is 2.14. The van der Waals surface area contributed by atoms with Gasteiger partial charge in [0.05, 0.1) is 0 Å². The Kier molecular flexibility index (Phi) is 8.14. The second-order valence-electron chi connectivity index (χ2n) is 4.34. The molecule has 0 aliphatic rings. The van der Waals surface area contributed by atoms with Crippen molar-refractivity contribution in [2.24, 2.45) is 0 Å². The average molecular weight is 201 g/mol. The number of rotatable bonds is 8. The first-order chi connectivity index (χ1) is 6.60. The molecular weight excluding hydrogens is 174 g/mol. The Morgan fingerprint density at radius 1 is 1.14 bits per heavy atom. The molecule has 1 N–H and O–H groups in total. The first kappa shape index (κ1) is 13.9. The molecule has 0 aliphatic heterocycles. The SMILES string of the molecule is CCCC(CN(C)CCN(C)C)NC. The molecule has 1 atom stereocenters. The van der Waals surface area contributed by atoms with E-state index in [2.05, 4.69) is 50.2 Å². The molecule has 0 saturated carbocycles. The predicted molar refractivity (Wildman–Crippen MR) is 63.8 cm³/mol. The van der Waals surface area contributed by atoms with Crippen molar-refractivity contribution in [3.8, 4) is 0 Å². The molecule has 0 bridgehead atoms. The highest BCUT2D eigenvalue weighted by Crippen LogP contribution is 1.98. The summed E-state index contributed by atoms with van der Waals surface area (Å²) < 4.78 is 0. The molecule has 1 unspecified atom stereocenters. The van der Waals surface area contributed by atoms with Crippen LogP contribution in [0.2, 0.25) is 0 Å². The Bertz CT molecular complexity index is 126. The van der Waals surface area contributed by atoms with Gasteiger partial charge in [-0.05, 0) is 34.6 Å². The molecule has 0 fully saturated rings. The summed E-state index contributed by atoms with van der Waals surface area (Å²) >= 11 is 0. The highest BCUT2D eigenvalue weighted by molar-refractivity contribution is 4.68. The minimum atomic E-state index is 0.646. The molecule has 0 saturated heterocycles. The van der Waals surface area contributed by atoms with Crippen LogP contribution in [0.4, 0.5) is 0 Å². The van der Waals surface area contributed by atoms with E-state index in [9.17, 15) is 0 Å². The molecule has 14 heavy (non-hydrogen) atoms. The van der Waals surface area contributed by atoms with Gasteiger partial charge in [-0.3, -0.25) is 0 Å². The zero-order chi connectivity index (χ0) is 11.0. The third-order valence-corrected chi connectivity index (χ3v) is 2.51. The molecule has 0 radical (unpaired) electrons. The molecule has 3 nitrogen and oxygen atoms in total. The van der Waals surface area contributed by atoms with Crippen LogP contribution in [0.5, 0.6) is 0 Å². The Labute approximate surface area is 89.5 Å². The van der Waals surface area contributed by atoms with Gasteiger partial charge in [-0.25, -0.2) is 0 Å². The van der Waals surface area contributed by atoms with Crippen LogP contribution >= 0.6 is 0 Å². The van der Waals surface area contributed by atoms with E-state index in [-0.39, 0.29) is 0 Å². The highest BCUT2D eigenvalue weighted by atomic mass is 15.2. The van der Waals surface area contributed by atoms with E-state index < -0.39 is 0 Å². The van der Waals surface area contributed by atoms with E-state index in [0.29, 0.717) is 6.04 Å². The maximum absolute atomic E-state index is 3.37. The smallest absolute Gasteiger partial charge is 0.0191 e. The highest BCUT2D eigenvalue weighted by Gasteiger charge is 2.07. The van der Waals surface area contributed by atoms with E-state index in [1.54, 1.807) is 0 Å². The van der Waals surface area contributed by atoms with Gasteiger partial charge in [-0.15, -0.1) is 0 Å². The van der Waals surface area contributed by atoms with E-state index >= 15 is 0 Å². The summed E-state index contributed by atoms with van der Waals surface area (Å²) in [5.74, 6) is 0. The second kappa shape index (κ2) is 8.21. The Balaban J connectivity index is 3.61. The molecule has 0 amide bonds. The van der Waals surface area contributed by atoms with Crippen molar-refractivity contribution in [3.05, 3.63) is 0 Å². The second-order valence-corrected chi connectivity index (χ2v) is 4.34. The molecule has 0 aromatic heterocycles. The van der Waals surface area contributed by atoms with E-state index in [4.69, 9.17) is 0 Å². The summed E-state index contributed by atoms with van der Waals surface area (Å²) in [4.78, 5) is 4.63. The quantitative estimate of drug-likeness (QED) is 0.628. The van der Waals surface area contributed by atoms with Crippen LogP contribution in [0.25, 0.3) is 0 Å². The summed E-state index contributed by atoms with van der Waals surface area (Å²) in [6.45, 7) is 5.68. The lowest BCUT2D eigenvalue weighted by Crippen LogP contribution is -2.40. The molecular formula is C11H27N3. The van der Waals surface area contributed by atoms with Crippen LogP contribution < -0.4 is 5.32 Å². The van der Waals surface area contributed by atoms with Crippen molar-refractivity contribution in [2.45, 2.75) is 25.8 Å². The number of hydrogen-bond donors (Lipinski definition) is 1. The molecule has 0 aliphatic carbocycles. The van der Waals surface area contributed by atoms with Crippen LogP contribution in [0.15, 0.2) is 0 Å². The topological polar surface area (TPSA) is 18.5 Å². The molecule has 0 spiro atoms. The first-order valence-corrected chi connectivity index (χ1v) is 5.60. The van der Waals surface area contributed by atoms with Gasteiger partial charge in [0.15, 0.2) is 0 Å². The maximum Gasteiger partial charge on any atom is 0.0191 e. The molecule has 0 aromatic rings. The van der Waals surface area contributed by atoms with Gasteiger partial charge in [0.1, 0.15) is 0 Å². The van der Waals surface area contributed by atoms with E-state index in [1.165, 1.54) is 12.8 Å². The van der Waals surface area contributed by atoms with Gasteiger partial charge >= 0.3 is 0 Å². The lowest BCUT2D eigenvalue weighted by molar-refractivity contribution is 0.254. The van der Waals surface area contributed by atoms with E-state index in [0.717, 1.165) is 19.6 Å². The van der Waals surface area contributed by atoms with Gasteiger partial charge < -0.3 is 15.1 Å². The number of hydrogen-bond acceptors (Lipinski definition) is 3. The summed E-state index contributed by atoms with van der Waals surface area (Å²) in [7, 11) is 8.49. The van der Waals surface area contributed by atoms with Crippen LogP contribution in [0.1, 0.15) is 19.8 Å². The largest absolute Gasteiger partial charge is 0.316 e. The fraction of sp³-hybridized carbons (Fsp3) is 1.00. The van der Waals surface area contributed by atoms with Crippen LogP contribution in [-0.2, 0) is 0 Å². The molecule has 0 rings (SSSR count). The molecule has 0 aromatic carbocycles. The summed E-state index contributed by atoms with van der Waals surface area (Å²) in [6.07, 6.45) is 2.52. The lowest BCUT2D eigenvalue weighted by atomic mass is 10.1. The summed E-state index contributed by atoms with van der Waals surface area (Å²) in [5, 5.41) is 3.37. The summed E-state index contributed by atoms with van der Waals surface area (Å²) in [5.41, 5.74) is 0. The minimum absolute atomic E-state index is 0.646. The Morgan fingerprint density at radius 3 is 2.21 bits per heavy atom. The Morgan fingerprint density at radius 2 is 1.79 bits per heavy atom. The fourth-order valence-corrected chi connectivity index (χ4v) is 1.51. The van der Waals surface area contributed by atoms with Crippen molar-refractivity contribution in [1.29, 1.82) is 0 Å². The van der Waals surface area contributed by atoms with Crippen molar-refractivity contribution in [3.63, 3.8) is 0 Å². The van der Waals surface area contributed by atoms with Crippen molar-refractivity contribution in [1.82, 2.24) is 15.1 Å². The molecule has 0 heterocycles. The van der Waals surface area contributed by atoms with Crippen LogP contribution in [-0.4, -0.2) is 63.7 Å². The molecule has 86 valence electrons. The van der Waals surface area contributed by atoms with Gasteiger partial charge in [-0.1, -0.05) is 13.3 Å². The fourth-order valence-electron chi connectivity index (χ4n) is 1.51. The number of likely N-dealkylation sites (N-methyl/N-ethyl adjacent to an activating group) is 3. The molecule has 3 heteroatoms. The first-order valence-electron chi connectivity index (χ1n) is 5.60. The zero-order valence-corrected chi connectivity index (χ0v) is 10.5. The van der Waals surface area contributed by atoms with Crippen molar-refractivity contribution >= 4 is 0 Å². The predicted octanol–water partition coefficient (Wildman–Crippen LogP) is 0.868. The lowest BCUT2D eigenvalue weighted by Gasteiger charge is -2.24. The summed E-state index contributed by atoms with van der Waals surface area (Å²) in [6, 6.07) is 0.646. The number of nitrogens with zero attached hydrogens (tertiary/aromatic N) is 2. The van der Waals surface area contributed by atoms with Crippen molar-refractivity contribution in [2.75, 3.05) is 47.8 Å². The maximum atomic E-state index is 3.37. The standard InChI is InChI=1S/C11H27N3/c1-6-7-11(12-2)10-14(5)9-8-13(3)4/h11-12H,6-10H2,1-5H3. The van der Waals surface area contributed by atoms with Gasteiger partial charge in [0, 0.05) is 25.7 Å². The Hall–Kier alpha value is -0.120. The third-order valence-electron chi connectivity index (χ3n) is 2.51. The van der Waals surface area contributed by atoms with Crippen LogP contribution in [0, 0.1) is 0 Å². The normalized spacial score (nSPS) is 13.9. The van der Waals surface area contributed by atoms with Crippen LogP contribution in [0.3, 0.4) is 0 Å².